The van der Waals surface area contributed by atoms with Crippen molar-refractivity contribution in [2.75, 3.05) is 20.2 Å². The van der Waals surface area contributed by atoms with Crippen LogP contribution in [0.5, 0.6) is 0 Å². The third-order valence-electron chi connectivity index (χ3n) is 3.70. The van der Waals surface area contributed by atoms with Gasteiger partial charge >= 0.3 is 0 Å². The largest absolute Gasteiger partial charge is 0.376 e. The predicted octanol–water partition coefficient (Wildman–Crippen LogP) is 2.70. The summed E-state index contributed by atoms with van der Waals surface area (Å²) in [6.07, 6.45) is 9.75. The third-order valence-corrected chi connectivity index (χ3v) is 3.70. The van der Waals surface area contributed by atoms with Crippen molar-refractivity contribution in [1.29, 1.82) is 0 Å². The normalized spacial score (nSPS) is 16.7. The Bertz CT molecular complexity index is 404. The molecule has 22 heavy (non-hydrogen) atoms. The molecule has 0 aliphatic heterocycles. The average molecular weight is 422 g/mol. The summed E-state index contributed by atoms with van der Waals surface area (Å²) in [5.41, 5.74) is 0.854. The highest BCUT2D eigenvalue weighted by Crippen LogP contribution is 2.19. The molecule has 1 aliphatic rings. The Labute approximate surface area is 149 Å². The van der Waals surface area contributed by atoms with Crippen molar-refractivity contribution >= 4 is 29.9 Å². The van der Waals surface area contributed by atoms with Crippen LogP contribution in [0.2, 0.25) is 0 Å². The molecule has 6 nitrogen and oxygen atoms in total. The van der Waals surface area contributed by atoms with Gasteiger partial charge in [0.2, 0.25) is 0 Å². The van der Waals surface area contributed by atoms with Crippen LogP contribution < -0.4 is 10.6 Å². The molecule has 0 unspecified atom stereocenters. The monoisotopic (exact) mass is 422 g/mol. The van der Waals surface area contributed by atoms with E-state index in [1.807, 2.05) is 6.07 Å². The van der Waals surface area contributed by atoms with E-state index in [1.165, 1.54) is 38.5 Å². The molecule has 1 fully saturated rings. The van der Waals surface area contributed by atoms with E-state index in [-0.39, 0.29) is 24.0 Å². The van der Waals surface area contributed by atoms with E-state index in [2.05, 4.69) is 20.8 Å². The van der Waals surface area contributed by atoms with Gasteiger partial charge in [-0.2, -0.15) is 0 Å². The minimum atomic E-state index is 0. The molecular weight excluding hydrogens is 395 g/mol. The van der Waals surface area contributed by atoms with Crippen LogP contribution in [-0.2, 0) is 11.3 Å². The Morgan fingerprint density at radius 3 is 2.73 bits per heavy atom. The highest BCUT2D eigenvalue weighted by atomic mass is 127. The molecule has 7 heteroatoms. The number of ether oxygens (including phenoxy) is 1. The molecule has 1 saturated carbocycles. The molecule has 0 spiro atoms. The van der Waals surface area contributed by atoms with Crippen molar-refractivity contribution in [1.82, 2.24) is 15.8 Å². The standard InChI is InChI=1S/C15H26N4O2.HI/c1-16-15(18-12-13-8-10-21-19-13)17-9-11-20-14-6-4-2-3-5-7-14;/h8,10,14H,2-7,9,11-12H2,1H3,(H2,16,17,18);1H. The topological polar surface area (TPSA) is 71.7 Å². The first-order valence-corrected chi connectivity index (χ1v) is 7.84. The van der Waals surface area contributed by atoms with E-state index in [1.54, 1.807) is 13.3 Å². The smallest absolute Gasteiger partial charge is 0.191 e. The molecule has 0 aromatic carbocycles. The zero-order chi connectivity index (χ0) is 14.8. The van der Waals surface area contributed by atoms with Gasteiger partial charge in [0.1, 0.15) is 12.0 Å². The molecule has 0 bridgehead atoms. The van der Waals surface area contributed by atoms with Gasteiger partial charge in [-0.15, -0.1) is 24.0 Å². The summed E-state index contributed by atoms with van der Waals surface area (Å²) < 4.78 is 10.7. The first kappa shape index (κ1) is 19.2. The van der Waals surface area contributed by atoms with E-state index in [9.17, 15) is 0 Å². The van der Waals surface area contributed by atoms with E-state index >= 15 is 0 Å². The Hall–Kier alpha value is -0.830. The zero-order valence-corrected chi connectivity index (χ0v) is 15.5. The molecule has 2 N–H and O–H groups in total. The van der Waals surface area contributed by atoms with Crippen molar-refractivity contribution < 1.29 is 9.26 Å². The van der Waals surface area contributed by atoms with Crippen LogP contribution in [0.3, 0.4) is 0 Å². The predicted molar refractivity (Wildman–Crippen MR) is 97.6 cm³/mol. The van der Waals surface area contributed by atoms with Gasteiger partial charge in [0, 0.05) is 19.7 Å². The summed E-state index contributed by atoms with van der Waals surface area (Å²) in [5.74, 6) is 0.752. The number of halogens is 1. The minimum Gasteiger partial charge on any atom is -0.376 e. The van der Waals surface area contributed by atoms with Gasteiger partial charge in [0.15, 0.2) is 5.96 Å². The summed E-state index contributed by atoms with van der Waals surface area (Å²) in [5, 5.41) is 10.3. The van der Waals surface area contributed by atoms with Gasteiger partial charge in [0.25, 0.3) is 0 Å². The van der Waals surface area contributed by atoms with Crippen LogP contribution in [0.25, 0.3) is 0 Å². The van der Waals surface area contributed by atoms with Gasteiger partial charge in [-0.05, 0) is 12.8 Å². The highest BCUT2D eigenvalue weighted by Gasteiger charge is 2.12. The number of guanidine groups is 1. The van der Waals surface area contributed by atoms with Crippen molar-refractivity contribution in [3.8, 4) is 0 Å². The molecule has 2 rings (SSSR count). The maximum Gasteiger partial charge on any atom is 0.191 e. The van der Waals surface area contributed by atoms with Crippen LogP contribution in [0.4, 0.5) is 0 Å². The van der Waals surface area contributed by atoms with Crippen molar-refractivity contribution in [2.24, 2.45) is 4.99 Å². The maximum absolute atomic E-state index is 5.94. The number of aliphatic imine (C=N–C) groups is 1. The number of nitrogens with one attached hydrogen (secondary N) is 2. The van der Waals surface area contributed by atoms with Crippen LogP contribution in [0.1, 0.15) is 44.2 Å². The number of hydrogen-bond donors (Lipinski definition) is 2. The SMILES string of the molecule is CN=C(NCCOC1CCCCCC1)NCc1ccon1.I. The second-order valence-corrected chi connectivity index (χ2v) is 5.33. The first-order chi connectivity index (χ1) is 10.4. The molecule has 0 atom stereocenters. The van der Waals surface area contributed by atoms with E-state index in [0.29, 0.717) is 12.6 Å². The summed E-state index contributed by atoms with van der Waals surface area (Å²) in [6.45, 7) is 2.07. The second-order valence-electron chi connectivity index (χ2n) is 5.33. The van der Waals surface area contributed by atoms with Gasteiger partial charge in [0.05, 0.1) is 19.3 Å². The van der Waals surface area contributed by atoms with Crippen LogP contribution in [-0.4, -0.2) is 37.4 Å². The fourth-order valence-electron chi connectivity index (χ4n) is 2.53. The lowest BCUT2D eigenvalue weighted by molar-refractivity contribution is 0.0468. The lowest BCUT2D eigenvalue weighted by atomic mass is 10.1. The quantitative estimate of drug-likeness (QED) is 0.243. The molecule has 0 amide bonds. The second kappa shape index (κ2) is 11.7. The maximum atomic E-state index is 5.94. The highest BCUT2D eigenvalue weighted by molar-refractivity contribution is 14.0. The summed E-state index contributed by atoms with van der Waals surface area (Å²) >= 11 is 0. The molecule has 0 radical (unpaired) electrons. The van der Waals surface area contributed by atoms with Gasteiger partial charge in [-0.1, -0.05) is 30.8 Å². The van der Waals surface area contributed by atoms with Crippen LogP contribution >= 0.6 is 24.0 Å². The number of rotatable bonds is 6. The number of nitrogens with zero attached hydrogens (tertiary/aromatic N) is 2. The lowest BCUT2D eigenvalue weighted by Gasteiger charge is -2.16. The molecule has 0 saturated heterocycles. The van der Waals surface area contributed by atoms with Crippen molar-refractivity contribution in [3.63, 3.8) is 0 Å². The molecule has 126 valence electrons. The average Bonchev–Trinajstić information content (AvgIpc) is 2.89. The number of aromatic nitrogens is 1. The Morgan fingerprint density at radius 1 is 1.32 bits per heavy atom. The Morgan fingerprint density at radius 2 is 2.09 bits per heavy atom. The first-order valence-electron chi connectivity index (χ1n) is 7.84. The summed E-state index contributed by atoms with van der Waals surface area (Å²) in [7, 11) is 1.75. The van der Waals surface area contributed by atoms with E-state index in [4.69, 9.17) is 9.26 Å². The zero-order valence-electron chi connectivity index (χ0n) is 13.2. The third kappa shape index (κ3) is 7.44. The Balaban J connectivity index is 0.00000242. The van der Waals surface area contributed by atoms with Gasteiger partial charge in [-0.25, -0.2) is 0 Å². The summed E-state index contributed by atoms with van der Waals surface area (Å²) in [4.78, 5) is 4.17. The molecule has 1 aromatic rings. The molecule has 1 aromatic heterocycles. The lowest BCUT2D eigenvalue weighted by Crippen LogP contribution is -2.39. The summed E-state index contributed by atoms with van der Waals surface area (Å²) in [6, 6.07) is 1.83. The fourth-order valence-corrected chi connectivity index (χ4v) is 2.53. The molecular formula is C15H27IN4O2. The van der Waals surface area contributed by atoms with Crippen LogP contribution in [0, 0.1) is 0 Å². The number of hydrogen-bond acceptors (Lipinski definition) is 4. The molecule has 1 aliphatic carbocycles. The van der Waals surface area contributed by atoms with Crippen LogP contribution in [0.15, 0.2) is 21.8 Å². The van der Waals surface area contributed by atoms with E-state index < -0.39 is 0 Å². The van der Waals surface area contributed by atoms with Gasteiger partial charge in [-0.3, -0.25) is 4.99 Å². The van der Waals surface area contributed by atoms with Crippen molar-refractivity contribution in [2.45, 2.75) is 51.2 Å². The minimum absolute atomic E-state index is 0. The molecule has 1 heterocycles. The van der Waals surface area contributed by atoms with E-state index in [0.717, 1.165) is 24.8 Å². The van der Waals surface area contributed by atoms with Gasteiger partial charge < -0.3 is 19.9 Å². The fraction of sp³-hybridized carbons (Fsp3) is 0.733. The Kier molecular flexibility index (Phi) is 10.2. The van der Waals surface area contributed by atoms with Crippen molar-refractivity contribution in [3.05, 3.63) is 18.0 Å².